The number of nitrogens with two attached hydrogens (primary N) is 1. The number of hydrogen-bond acceptors (Lipinski definition) is 1. The van der Waals surface area contributed by atoms with E-state index in [-0.39, 0.29) is 0 Å². The van der Waals surface area contributed by atoms with Crippen LogP contribution in [0.3, 0.4) is 0 Å². The Morgan fingerprint density at radius 2 is 2.00 bits per heavy atom. The number of aryl methyl sites for hydroxylation is 1. The van der Waals surface area contributed by atoms with Crippen molar-refractivity contribution in [3.8, 4) is 11.8 Å². The van der Waals surface area contributed by atoms with Crippen LogP contribution in [0.15, 0.2) is 18.2 Å². The molecule has 0 bridgehead atoms. The van der Waals surface area contributed by atoms with Gasteiger partial charge in [-0.25, -0.2) is 0 Å². The van der Waals surface area contributed by atoms with Gasteiger partial charge in [-0.3, -0.25) is 0 Å². The van der Waals surface area contributed by atoms with Crippen LogP contribution >= 0.6 is 11.6 Å². The molecule has 0 saturated heterocycles. The quantitative estimate of drug-likeness (QED) is 0.651. The zero-order valence-corrected chi connectivity index (χ0v) is 9.44. The molecule has 0 spiro atoms. The van der Waals surface area contributed by atoms with Crippen LogP contribution in [-0.4, -0.2) is 5.54 Å². The number of benzene rings is 1. The van der Waals surface area contributed by atoms with E-state index in [1.807, 2.05) is 39.0 Å². The molecule has 74 valence electrons. The first kappa shape index (κ1) is 11.1. The summed E-state index contributed by atoms with van der Waals surface area (Å²) in [6.07, 6.45) is 0. The third-order valence-corrected chi connectivity index (χ3v) is 2.11. The van der Waals surface area contributed by atoms with Gasteiger partial charge in [0, 0.05) is 10.6 Å². The van der Waals surface area contributed by atoms with Gasteiger partial charge in [0.15, 0.2) is 0 Å². The van der Waals surface area contributed by atoms with E-state index < -0.39 is 5.54 Å². The van der Waals surface area contributed by atoms with E-state index in [0.717, 1.165) is 16.1 Å². The van der Waals surface area contributed by atoms with E-state index in [0.29, 0.717) is 0 Å². The maximum absolute atomic E-state index is 5.96. The average molecular weight is 208 g/mol. The molecule has 0 saturated carbocycles. The Morgan fingerprint density at radius 3 is 2.50 bits per heavy atom. The van der Waals surface area contributed by atoms with E-state index in [2.05, 4.69) is 11.8 Å². The summed E-state index contributed by atoms with van der Waals surface area (Å²) in [6.45, 7) is 5.71. The first-order chi connectivity index (χ1) is 6.38. The lowest BCUT2D eigenvalue weighted by molar-refractivity contribution is 0.680. The summed E-state index contributed by atoms with van der Waals surface area (Å²) in [4.78, 5) is 0. The fourth-order valence-electron chi connectivity index (χ4n) is 0.904. The Hall–Kier alpha value is -0.970. The highest BCUT2D eigenvalue weighted by atomic mass is 35.5. The van der Waals surface area contributed by atoms with Crippen molar-refractivity contribution in [2.45, 2.75) is 26.3 Å². The molecule has 0 fully saturated rings. The highest BCUT2D eigenvalue weighted by molar-refractivity contribution is 6.31. The standard InChI is InChI=1S/C12H14ClN/c1-9-4-5-10(8-11(9)13)6-7-12(2,3)14/h4-5,8H,14H2,1-3H3. The predicted molar refractivity (Wildman–Crippen MR) is 61.3 cm³/mol. The molecule has 0 atom stereocenters. The van der Waals surface area contributed by atoms with Crippen molar-refractivity contribution in [3.05, 3.63) is 34.3 Å². The zero-order chi connectivity index (χ0) is 10.8. The molecule has 2 N–H and O–H groups in total. The first-order valence-electron chi connectivity index (χ1n) is 4.47. The molecule has 14 heavy (non-hydrogen) atoms. The van der Waals surface area contributed by atoms with Crippen LogP contribution in [0.25, 0.3) is 0 Å². The third-order valence-electron chi connectivity index (χ3n) is 1.70. The third kappa shape index (κ3) is 3.41. The second-order valence-corrected chi connectivity index (χ2v) is 4.34. The van der Waals surface area contributed by atoms with Gasteiger partial charge in [0.1, 0.15) is 0 Å². The van der Waals surface area contributed by atoms with Crippen molar-refractivity contribution >= 4 is 11.6 Å². The van der Waals surface area contributed by atoms with Crippen molar-refractivity contribution in [2.24, 2.45) is 5.73 Å². The monoisotopic (exact) mass is 207 g/mol. The molecule has 0 amide bonds. The van der Waals surface area contributed by atoms with Gasteiger partial charge in [0.05, 0.1) is 5.54 Å². The fraction of sp³-hybridized carbons (Fsp3) is 0.333. The van der Waals surface area contributed by atoms with Gasteiger partial charge in [-0.2, -0.15) is 0 Å². The Labute approximate surface area is 90.3 Å². The number of halogens is 1. The molecule has 0 aliphatic carbocycles. The smallest absolute Gasteiger partial charge is 0.0722 e. The summed E-state index contributed by atoms with van der Waals surface area (Å²) in [5, 5.41) is 0.742. The summed E-state index contributed by atoms with van der Waals surface area (Å²) in [7, 11) is 0. The molecular weight excluding hydrogens is 194 g/mol. The van der Waals surface area contributed by atoms with Crippen LogP contribution in [-0.2, 0) is 0 Å². The van der Waals surface area contributed by atoms with Crippen LogP contribution in [0.5, 0.6) is 0 Å². The SMILES string of the molecule is Cc1ccc(C#CC(C)(C)N)cc1Cl. The van der Waals surface area contributed by atoms with Crippen molar-refractivity contribution in [1.29, 1.82) is 0 Å². The lowest BCUT2D eigenvalue weighted by atomic mass is 10.1. The van der Waals surface area contributed by atoms with Gasteiger partial charge in [-0.1, -0.05) is 29.5 Å². The summed E-state index contributed by atoms with van der Waals surface area (Å²) < 4.78 is 0. The van der Waals surface area contributed by atoms with E-state index >= 15 is 0 Å². The molecular formula is C12H14ClN. The molecule has 1 aromatic rings. The number of rotatable bonds is 0. The highest BCUT2D eigenvalue weighted by Gasteiger charge is 2.03. The molecule has 1 rings (SSSR count). The average Bonchev–Trinajstić information content (AvgIpc) is 2.06. The largest absolute Gasteiger partial charge is 0.316 e. The lowest BCUT2D eigenvalue weighted by Crippen LogP contribution is -2.29. The molecule has 2 heteroatoms. The zero-order valence-electron chi connectivity index (χ0n) is 8.69. The van der Waals surface area contributed by atoms with Gasteiger partial charge in [-0.15, -0.1) is 0 Å². The van der Waals surface area contributed by atoms with Gasteiger partial charge in [0.2, 0.25) is 0 Å². The Morgan fingerprint density at radius 1 is 1.36 bits per heavy atom. The van der Waals surface area contributed by atoms with E-state index in [1.54, 1.807) is 0 Å². The maximum atomic E-state index is 5.96. The number of hydrogen-bond donors (Lipinski definition) is 1. The summed E-state index contributed by atoms with van der Waals surface area (Å²) in [5.41, 5.74) is 7.25. The molecule has 0 aliphatic heterocycles. The van der Waals surface area contributed by atoms with E-state index in [1.165, 1.54) is 0 Å². The molecule has 0 heterocycles. The molecule has 0 aliphatic rings. The topological polar surface area (TPSA) is 26.0 Å². The van der Waals surface area contributed by atoms with Crippen molar-refractivity contribution in [3.63, 3.8) is 0 Å². The predicted octanol–water partition coefficient (Wildman–Crippen LogP) is 2.74. The van der Waals surface area contributed by atoms with Crippen molar-refractivity contribution in [2.75, 3.05) is 0 Å². The minimum Gasteiger partial charge on any atom is -0.316 e. The molecule has 1 nitrogen and oxygen atoms in total. The second kappa shape index (κ2) is 4.04. The van der Waals surface area contributed by atoms with Crippen LogP contribution in [0.1, 0.15) is 25.0 Å². The maximum Gasteiger partial charge on any atom is 0.0722 e. The molecule has 0 radical (unpaired) electrons. The molecule has 0 aromatic heterocycles. The minimum absolute atomic E-state index is 0.461. The van der Waals surface area contributed by atoms with Crippen molar-refractivity contribution in [1.82, 2.24) is 0 Å². The van der Waals surface area contributed by atoms with Crippen LogP contribution < -0.4 is 5.73 Å². The summed E-state index contributed by atoms with van der Waals surface area (Å²) in [5.74, 6) is 5.95. The Bertz CT molecular complexity index is 391. The van der Waals surface area contributed by atoms with Crippen LogP contribution in [0.4, 0.5) is 0 Å². The highest BCUT2D eigenvalue weighted by Crippen LogP contribution is 2.15. The van der Waals surface area contributed by atoms with Crippen LogP contribution in [0, 0.1) is 18.8 Å². The Kier molecular flexibility index (Phi) is 3.21. The van der Waals surface area contributed by atoms with Crippen LogP contribution in [0.2, 0.25) is 5.02 Å². The second-order valence-electron chi connectivity index (χ2n) is 3.94. The van der Waals surface area contributed by atoms with Crippen molar-refractivity contribution < 1.29 is 0 Å². The van der Waals surface area contributed by atoms with E-state index in [9.17, 15) is 0 Å². The molecule has 0 unspecified atom stereocenters. The Balaban J connectivity index is 2.98. The first-order valence-corrected chi connectivity index (χ1v) is 4.84. The van der Waals surface area contributed by atoms with Gasteiger partial charge >= 0.3 is 0 Å². The van der Waals surface area contributed by atoms with Gasteiger partial charge in [0.25, 0.3) is 0 Å². The normalized spacial score (nSPS) is 10.6. The summed E-state index contributed by atoms with van der Waals surface area (Å²) in [6, 6.07) is 5.76. The molecule has 1 aromatic carbocycles. The van der Waals surface area contributed by atoms with Gasteiger partial charge in [-0.05, 0) is 38.5 Å². The fourth-order valence-corrected chi connectivity index (χ4v) is 1.08. The van der Waals surface area contributed by atoms with Gasteiger partial charge < -0.3 is 5.73 Å². The van der Waals surface area contributed by atoms with E-state index in [4.69, 9.17) is 17.3 Å². The summed E-state index contributed by atoms with van der Waals surface area (Å²) >= 11 is 5.96. The minimum atomic E-state index is -0.461. The lowest BCUT2D eigenvalue weighted by Gasteiger charge is -2.07.